The second-order valence-corrected chi connectivity index (χ2v) is 11.2. The Bertz CT molecular complexity index is 828. The molecule has 1 fully saturated rings. The number of nitrogens with zero attached hydrogens (tertiary/aromatic N) is 5. The summed E-state index contributed by atoms with van der Waals surface area (Å²) in [6, 6.07) is 0. The summed E-state index contributed by atoms with van der Waals surface area (Å²) in [7, 11) is 1.91. The molecule has 1 rings (SSSR count). The largest absolute Gasteiger partial charge is 0.480 e. The molecule has 1 heterocycles. The minimum atomic E-state index is -1.01. The normalized spacial score (nSPS) is 17.0. The van der Waals surface area contributed by atoms with E-state index in [0.717, 1.165) is 6.42 Å². The first-order chi connectivity index (χ1) is 19.8. The van der Waals surface area contributed by atoms with Crippen molar-refractivity contribution in [2.75, 3.05) is 112 Å². The molecule has 0 saturated carbocycles. The molecule has 1 aliphatic rings. The van der Waals surface area contributed by atoms with Gasteiger partial charge < -0.3 is 30.9 Å². The van der Waals surface area contributed by atoms with Crippen molar-refractivity contribution >= 4 is 29.7 Å². The van der Waals surface area contributed by atoms with Gasteiger partial charge in [-0.15, -0.1) is 0 Å². The van der Waals surface area contributed by atoms with Crippen molar-refractivity contribution < 1.29 is 39.3 Å². The summed E-state index contributed by atoms with van der Waals surface area (Å²) in [6.07, 6.45) is 1.37. The number of rotatable bonds is 17. The molecule has 0 aliphatic carbocycles. The van der Waals surface area contributed by atoms with Crippen molar-refractivity contribution in [1.82, 2.24) is 35.1 Å². The number of hydrogen-bond donors (Lipinski definition) is 5. The lowest BCUT2D eigenvalue weighted by atomic mass is 10.1. The minimum absolute atomic E-state index is 0.0397. The zero-order valence-corrected chi connectivity index (χ0v) is 25.4. The molecule has 1 aliphatic heterocycles. The lowest BCUT2D eigenvalue weighted by molar-refractivity contribution is -0.140. The molecule has 0 bridgehead atoms. The highest BCUT2D eigenvalue weighted by atomic mass is 16.4. The fraction of sp³-hybridized carbons (Fsp3) is 0.815. The lowest BCUT2D eigenvalue weighted by Gasteiger charge is -2.32. The van der Waals surface area contributed by atoms with E-state index in [0.29, 0.717) is 90.9 Å². The van der Waals surface area contributed by atoms with Crippen molar-refractivity contribution in [1.29, 1.82) is 0 Å². The standard InChI is InChI=1S/C27H51N7O8/c1-22(2)4-5-23(35)28-6-8-30(3)9-7-29-24(36)18-31-10-12-32(19-25(37)38)14-16-34(21-27(41)42)17-15-33(13-11-31)20-26(39)40/h22H,4-21H2,1-3H3,(H,28,35)(H,29,36)(H,37,38)(H,39,40)(H,41,42). The summed E-state index contributed by atoms with van der Waals surface area (Å²) in [5.41, 5.74) is 0. The van der Waals surface area contributed by atoms with E-state index in [1.807, 2.05) is 16.8 Å². The number of nitrogens with one attached hydrogen (secondary N) is 2. The SMILES string of the molecule is CC(C)CCC(=O)NCCN(C)CCNC(=O)CN1CCN(CC(=O)O)CCN(CC(=O)O)CCN(CC(=O)O)CC1. The van der Waals surface area contributed by atoms with Gasteiger partial charge in [0, 0.05) is 85.0 Å². The highest BCUT2D eigenvalue weighted by molar-refractivity contribution is 5.78. The maximum atomic E-state index is 12.8. The maximum absolute atomic E-state index is 12.8. The molecule has 0 atom stereocenters. The maximum Gasteiger partial charge on any atom is 0.317 e. The Kier molecular flexibility index (Phi) is 18.5. The molecule has 2 amide bonds. The van der Waals surface area contributed by atoms with Gasteiger partial charge in [0.2, 0.25) is 11.8 Å². The van der Waals surface area contributed by atoms with Crippen LogP contribution in [0.1, 0.15) is 26.7 Å². The van der Waals surface area contributed by atoms with Crippen LogP contribution in [-0.2, 0) is 24.0 Å². The Balaban J connectivity index is 2.65. The van der Waals surface area contributed by atoms with Crippen LogP contribution < -0.4 is 10.6 Å². The molecule has 0 aromatic rings. The first kappa shape index (κ1) is 37.2. The summed E-state index contributed by atoms with van der Waals surface area (Å²) in [5, 5.41) is 33.8. The molecule has 5 N–H and O–H groups in total. The third-order valence-corrected chi connectivity index (χ3v) is 6.95. The number of aliphatic carboxylic acids is 3. The summed E-state index contributed by atoms with van der Waals surface area (Å²) >= 11 is 0. The lowest BCUT2D eigenvalue weighted by Crippen LogP contribution is -2.50. The third-order valence-electron chi connectivity index (χ3n) is 6.95. The Labute approximate surface area is 248 Å². The number of likely N-dealkylation sites (N-methyl/N-ethyl adjacent to an activating group) is 1. The van der Waals surface area contributed by atoms with E-state index < -0.39 is 17.9 Å². The zero-order valence-electron chi connectivity index (χ0n) is 25.4. The van der Waals surface area contributed by atoms with Gasteiger partial charge in [0.15, 0.2) is 0 Å². The van der Waals surface area contributed by atoms with Gasteiger partial charge in [0.05, 0.1) is 26.2 Å². The molecule has 42 heavy (non-hydrogen) atoms. The third kappa shape index (κ3) is 19.3. The Morgan fingerprint density at radius 2 is 0.952 bits per heavy atom. The molecular weight excluding hydrogens is 550 g/mol. The Hall–Kier alpha value is -2.85. The molecule has 0 radical (unpaired) electrons. The number of hydrogen-bond acceptors (Lipinski definition) is 10. The quantitative estimate of drug-likeness (QED) is 0.124. The van der Waals surface area contributed by atoms with Gasteiger partial charge in [-0.2, -0.15) is 0 Å². The van der Waals surface area contributed by atoms with Gasteiger partial charge >= 0.3 is 17.9 Å². The van der Waals surface area contributed by atoms with Gasteiger partial charge in [-0.1, -0.05) is 13.8 Å². The fourth-order valence-electron chi connectivity index (χ4n) is 4.44. The van der Waals surface area contributed by atoms with E-state index in [1.165, 1.54) is 0 Å². The minimum Gasteiger partial charge on any atom is -0.480 e. The van der Waals surface area contributed by atoms with Crippen molar-refractivity contribution in [3.63, 3.8) is 0 Å². The number of amides is 2. The van der Waals surface area contributed by atoms with Crippen LogP contribution in [0.15, 0.2) is 0 Å². The van der Waals surface area contributed by atoms with Crippen molar-refractivity contribution in [3.05, 3.63) is 0 Å². The van der Waals surface area contributed by atoms with E-state index >= 15 is 0 Å². The number of carbonyl (C=O) groups excluding carboxylic acids is 2. The summed E-state index contributed by atoms with van der Waals surface area (Å²) < 4.78 is 0. The molecule has 242 valence electrons. The molecule has 15 nitrogen and oxygen atoms in total. The number of carboxylic acids is 3. The van der Waals surface area contributed by atoms with Crippen LogP contribution in [0, 0.1) is 5.92 Å². The zero-order chi connectivity index (χ0) is 31.5. The van der Waals surface area contributed by atoms with Gasteiger partial charge in [-0.05, 0) is 19.4 Å². The van der Waals surface area contributed by atoms with Gasteiger partial charge in [-0.3, -0.25) is 43.6 Å². The smallest absolute Gasteiger partial charge is 0.317 e. The highest BCUT2D eigenvalue weighted by Crippen LogP contribution is 2.03. The van der Waals surface area contributed by atoms with E-state index in [1.54, 1.807) is 14.7 Å². The number of carboxylic acid groups (broad SMARTS) is 3. The summed E-state index contributed by atoms with van der Waals surface area (Å²) in [4.78, 5) is 67.8. The Morgan fingerprint density at radius 3 is 1.29 bits per heavy atom. The van der Waals surface area contributed by atoms with Gasteiger partial charge in [-0.25, -0.2) is 0 Å². The first-order valence-electron chi connectivity index (χ1n) is 14.6. The van der Waals surface area contributed by atoms with Crippen LogP contribution in [0.5, 0.6) is 0 Å². The molecule has 0 aromatic heterocycles. The van der Waals surface area contributed by atoms with E-state index in [4.69, 9.17) is 0 Å². The second kappa shape index (κ2) is 20.9. The van der Waals surface area contributed by atoms with Crippen LogP contribution in [0.3, 0.4) is 0 Å². The Morgan fingerprint density at radius 1 is 0.619 bits per heavy atom. The topological polar surface area (TPSA) is 186 Å². The summed E-state index contributed by atoms with van der Waals surface area (Å²) in [6.45, 7) is 8.53. The molecule has 0 unspecified atom stereocenters. The molecular formula is C27H51N7O8. The molecule has 15 heteroatoms. The van der Waals surface area contributed by atoms with E-state index in [2.05, 4.69) is 24.5 Å². The predicted molar refractivity (Wildman–Crippen MR) is 156 cm³/mol. The number of carbonyl (C=O) groups is 5. The fourth-order valence-corrected chi connectivity index (χ4v) is 4.44. The van der Waals surface area contributed by atoms with E-state index in [-0.39, 0.29) is 38.0 Å². The van der Waals surface area contributed by atoms with E-state index in [9.17, 15) is 39.3 Å². The van der Waals surface area contributed by atoms with Gasteiger partial charge in [0.1, 0.15) is 0 Å². The molecule has 1 saturated heterocycles. The van der Waals surface area contributed by atoms with Crippen molar-refractivity contribution in [3.8, 4) is 0 Å². The van der Waals surface area contributed by atoms with Crippen LogP contribution in [0.25, 0.3) is 0 Å². The van der Waals surface area contributed by atoms with Crippen LogP contribution in [0.2, 0.25) is 0 Å². The highest BCUT2D eigenvalue weighted by Gasteiger charge is 2.21. The second-order valence-electron chi connectivity index (χ2n) is 11.2. The van der Waals surface area contributed by atoms with Crippen LogP contribution in [-0.4, -0.2) is 181 Å². The monoisotopic (exact) mass is 601 g/mol. The summed E-state index contributed by atoms with van der Waals surface area (Å²) in [5.74, 6) is -2.68. The van der Waals surface area contributed by atoms with Crippen LogP contribution in [0.4, 0.5) is 0 Å². The first-order valence-corrected chi connectivity index (χ1v) is 14.6. The predicted octanol–water partition coefficient (Wildman–Crippen LogP) is -1.94. The van der Waals surface area contributed by atoms with Gasteiger partial charge in [0.25, 0.3) is 0 Å². The average molecular weight is 602 g/mol. The van der Waals surface area contributed by atoms with Crippen LogP contribution >= 0.6 is 0 Å². The average Bonchev–Trinajstić information content (AvgIpc) is 2.88. The van der Waals surface area contributed by atoms with Crippen molar-refractivity contribution in [2.24, 2.45) is 5.92 Å². The van der Waals surface area contributed by atoms with Crippen molar-refractivity contribution in [2.45, 2.75) is 26.7 Å². The molecule has 0 aromatic carbocycles. The molecule has 0 spiro atoms.